The summed E-state index contributed by atoms with van der Waals surface area (Å²) in [5.74, 6) is 0.834. The number of rotatable bonds is 3. The van der Waals surface area contributed by atoms with Gasteiger partial charge in [-0.05, 0) is 24.3 Å². The van der Waals surface area contributed by atoms with E-state index in [2.05, 4.69) is 15.3 Å². The lowest BCUT2D eigenvalue weighted by atomic mass is 10.1. The van der Waals surface area contributed by atoms with Gasteiger partial charge in [-0.15, -0.1) is 0 Å². The van der Waals surface area contributed by atoms with Crippen molar-refractivity contribution in [1.82, 2.24) is 9.97 Å². The van der Waals surface area contributed by atoms with Crippen molar-refractivity contribution < 1.29 is 5.41 Å². The fraction of sp³-hybridized carbons (Fsp3) is 0. The Hall–Kier alpha value is -1.90. The maximum Gasteiger partial charge on any atom is 0.242 e. The van der Waals surface area contributed by atoms with E-state index >= 15 is 0 Å². The monoisotopic (exact) mass is 355 g/mol. The minimum atomic E-state index is 0.218. The normalized spacial score (nSPS) is 10.1. The van der Waals surface area contributed by atoms with Crippen molar-refractivity contribution in [2.24, 2.45) is 0 Å². The molecule has 1 aromatic heterocycles. The first kappa shape index (κ1) is 12.6. The molecule has 0 amide bonds. The van der Waals surface area contributed by atoms with Crippen LogP contribution in [-0.2, 0) is 0 Å². The first-order valence-corrected chi connectivity index (χ1v) is 6.17. The molecule has 2 rings (SSSR count). The predicted octanol–water partition coefficient (Wildman–Crippen LogP) is 0.325. The van der Waals surface area contributed by atoms with Crippen LogP contribution in [0.3, 0.4) is 0 Å². The van der Waals surface area contributed by atoms with Crippen LogP contribution >= 0.6 is 22.6 Å². The molecule has 0 bridgehead atoms. The fourth-order valence-electron chi connectivity index (χ4n) is 1.43. The van der Waals surface area contributed by atoms with Crippen molar-refractivity contribution in [3.8, 4) is 0 Å². The molecule has 0 saturated carbocycles. The van der Waals surface area contributed by atoms with Gasteiger partial charge in [0.25, 0.3) is 0 Å². The van der Waals surface area contributed by atoms with Gasteiger partial charge in [0.05, 0.1) is 5.56 Å². The third-order valence-corrected chi connectivity index (χ3v) is 2.84. The van der Waals surface area contributed by atoms with Crippen LogP contribution in [0.4, 0.5) is 23.1 Å². The molecule has 6 nitrogen and oxygen atoms in total. The van der Waals surface area contributed by atoms with Crippen LogP contribution in [0.2, 0.25) is 0 Å². The molecule has 0 aliphatic rings. The minimum Gasteiger partial charge on any atom is -0.398 e. The predicted molar refractivity (Wildman–Crippen MR) is 80.6 cm³/mol. The molecule has 0 aliphatic heterocycles. The standard InChI is InChI=1S/C11H11IN6/c12-10(14)7-5-6(1-2-8(7)13)17-9-3-4-16-11(15)18-9/h1-5,14H,13H2,(H3,15,16,17,18)/p+1. The number of hydrogen-bond acceptors (Lipinski definition) is 5. The van der Waals surface area contributed by atoms with Crippen LogP contribution in [0.5, 0.6) is 0 Å². The van der Waals surface area contributed by atoms with Gasteiger partial charge in [0.15, 0.2) is 0 Å². The molecular formula is C11H12IN6+. The first-order chi connectivity index (χ1) is 8.56. The molecule has 92 valence electrons. The largest absolute Gasteiger partial charge is 0.398 e. The van der Waals surface area contributed by atoms with Crippen molar-refractivity contribution in [1.29, 1.82) is 0 Å². The van der Waals surface area contributed by atoms with E-state index in [9.17, 15) is 0 Å². The second kappa shape index (κ2) is 5.17. The van der Waals surface area contributed by atoms with Crippen LogP contribution in [0.1, 0.15) is 5.56 Å². The quantitative estimate of drug-likeness (QED) is 0.360. The summed E-state index contributed by atoms with van der Waals surface area (Å²) in [7, 11) is 0. The Bertz CT molecular complexity index is 598. The van der Waals surface area contributed by atoms with Crippen LogP contribution < -0.4 is 22.2 Å². The molecule has 7 N–H and O–H groups in total. The molecule has 0 fully saturated rings. The third kappa shape index (κ3) is 2.86. The number of hydrogen-bond donors (Lipinski definition) is 4. The average molecular weight is 355 g/mol. The van der Waals surface area contributed by atoms with Crippen molar-refractivity contribution in [2.75, 3.05) is 16.8 Å². The zero-order valence-corrected chi connectivity index (χ0v) is 11.5. The van der Waals surface area contributed by atoms with E-state index in [1.807, 2.05) is 34.7 Å². The molecule has 0 unspecified atom stereocenters. The Morgan fingerprint density at radius 3 is 2.72 bits per heavy atom. The number of nitrogens with zero attached hydrogens (tertiary/aromatic N) is 2. The van der Waals surface area contributed by atoms with E-state index < -0.39 is 0 Å². The number of aromatic nitrogens is 2. The van der Waals surface area contributed by atoms with Crippen molar-refractivity contribution in [3.63, 3.8) is 0 Å². The number of nitrogens with one attached hydrogen (secondary N) is 1. The Labute approximate surface area is 117 Å². The van der Waals surface area contributed by atoms with Crippen LogP contribution in [0.25, 0.3) is 0 Å². The van der Waals surface area contributed by atoms with Gasteiger partial charge in [-0.25, -0.2) is 10.4 Å². The highest BCUT2D eigenvalue weighted by Crippen LogP contribution is 2.21. The van der Waals surface area contributed by atoms with Gasteiger partial charge in [0.1, 0.15) is 5.82 Å². The summed E-state index contributed by atoms with van der Waals surface area (Å²) in [5.41, 5.74) is 13.6. The van der Waals surface area contributed by atoms with E-state index in [4.69, 9.17) is 16.9 Å². The van der Waals surface area contributed by atoms with E-state index in [-0.39, 0.29) is 5.95 Å². The Morgan fingerprint density at radius 1 is 1.28 bits per heavy atom. The Morgan fingerprint density at radius 2 is 2.06 bits per heavy atom. The van der Waals surface area contributed by atoms with Crippen molar-refractivity contribution >= 4 is 49.5 Å². The van der Waals surface area contributed by atoms with E-state index in [1.165, 1.54) is 0 Å². The summed E-state index contributed by atoms with van der Waals surface area (Å²) >= 11 is 2.03. The molecule has 1 heterocycles. The molecular weight excluding hydrogens is 343 g/mol. The number of halogens is 1. The fourth-order valence-corrected chi connectivity index (χ4v) is 1.90. The average Bonchev–Trinajstić information content (AvgIpc) is 2.31. The van der Waals surface area contributed by atoms with Crippen LogP contribution in [-0.4, -0.2) is 13.7 Å². The van der Waals surface area contributed by atoms with Gasteiger partial charge in [-0.1, -0.05) is 0 Å². The molecule has 18 heavy (non-hydrogen) atoms. The van der Waals surface area contributed by atoms with Gasteiger partial charge >= 0.3 is 0 Å². The van der Waals surface area contributed by atoms with Crippen LogP contribution in [0.15, 0.2) is 30.5 Å². The minimum absolute atomic E-state index is 0.218. The van der Waals surface area contributed by atoms with Gasteiger partial charge < -0.3 is 16.8 Å². The van der Waals surface area contributed by atoms with Crippen molar-refractivity contribution in [2.45, 2.75) is 0 Å². The van der Waals surface area contributed by atoms with E-state index in [1.54, 1.807) is 18.3 Å². The zero-order valence-electron chi connectivity index (χ0n) is 9.39. The number of nitrogens with two attached hydrogens (primary N) is 3. The second-order valence-electron chi connectivity index (χ2n) is 3.58. The summed E-state index contributed by atoms with van der Waals surface area (Å²) in [4.78, 5) is 7.87. The van der Waals surface area contributed by atoms with E-state index in [0.717, 1.165) is 11.3 Å². The molecule has 0 atom stereocenters. The highest BCUT2D eigenvalue weighted by atomic mass is 127. The molecule has 1 aromatic carbocycles. The van der Waals surface area contributed by atoms with Crippen molar-refractivity contribution in [3.05, 3.63) is 36.0 Å². The molecule has 2 aromatic rings. The van der Waals surface area contributed by atoms with Gasteiger partial charge in [-0.3, -0.25) is 0 Å². The summed E-state index contributed by atoms with van der Waals surface area (Å²) < 4.78 is 0.635. The second-order valence-corrected chi connectivity index (χ2v) is 4.74. The maximum absolute atomic E-state index is 5.83. The number of benzene rings is 1. The topological polar surface area (TPSA) is 115 Å². The van der Waals surface area contributed by atoms with Gasteiger partial charge in [0.2, 0.25) is 9.67 Å². The third-order valence-electron chi connectivity index (χ3n) is 2.26. The summed E-state index contributed by atoms with van der Waals surface area (Å²) in [5, 5.41) is 8.86. The molecule has 7 heteroatoms. The summed E-state index contributed by atoms with van der Waals surface area (Å²) in [6.45, 7) is 0. The lowest BCUT2D eigenvalue weighted by Crippen LogP contribution is -2.36. The summed E-state index contributed by atoms with van der Waals surface area (Å²) in [6.07, 6.45) is 1.59. The highest BCUT2D eigenvalue weighted by Gasteiger charge is 2.08. The molecule has 0 saturated heterocycles. The Balaban J connectivity index is 2.30. The van der Waals surface area contributed by atoms with Crippen LogP contribution in [0, 0.1) is 0 Å². The lowest BCUT2D eigenvalue weighted by molar-refractivity contribution is -0.106. The van der Waals surface area contributed by atoms with Gasteiger partial charge in [-0.2, -0.15) is 4.98 Å². The lowest BCUT2D eigenvalue weighted by Gasteiger charge is -2.07. The molecule has 0 spiro atoms. The number of nitrogen functional groups attached to an aromatic ring is 2. The number of anilines is 4. The highest BCUT2D eigenvalue weighted by molar-refractivity contribution is 14.1. The maximum atomic E-state index is 5.83. The smallest absolute Gasteiger partial charge is 0.242 e. The molecule has 0 radical (unpaired) electrons. The first-order valence-electron chi connectivity index (χ1n) is 5.09. The summed E-state index contributed by atoms with van der Waals surface area (Å²) in [6, 6.07) is 7.21. The van der Waals surface area contributed by atoms with E-state index in [0.29, 0.717) is 15.2 Å². The SMILES string of the molecule is Nc1nccc(Nc2ccc(N)c(C(=[NH2+])I)c2)n1. The van der Waals surface area contributed by atoms with Gasteiger partial charge in [0, 0.05) is 40.2 Å². The zero-order chi connectivity index (χ0) is 13.1. The Kier molecular flexibility index (Phi) is 3.60. The molecule has 0 aliphatic carbocycles.